The number of halogens is 4. The molecule has 10 heteroatoms. The Labute approximate surface area is 125 Å². The molecule has 20 heavy (non-hydrogen) atoms. The van der Waals surface area contributed by atoms with Crippen molar-refractivity contribution in [2.45, 2.75) is 22.5 Å². The predicted octanol–water partition coefficient (Wildman–Crippen LogP) is 4.19. The van der Waals surface area contributed by atoms with Crippen LogP contribution in [0.5, 0.6) is 0 Å². The first-order valence-electron chi connectivity index (χ1n) is 5.38. The Morgan fingerprint density at radius 2 is 2.15 bits per heavy atom. The van der Waals surface area contributed by atoms with Gasteiger partial charge in [0.05, 0.1) is 10.6 Å². The summed E-state index contributed by atoms with van der Waals surface area (Å²) >= 11 is 8.17. The van der Waals surface area contributed by atoms with Gasteiger partial charge in [-0.3, -0.25) is 0 Å². The summed E-state index contributed by atoms with van der Waals surface area (Å²) in [5.41, 5.74) is -0.877. The highest BCUT2D eigenvalue weighted by molar-refractivity contribution is 8.01. The Bertz CT molecular complexity index is 602. The zero-order valence-electron chi connectivity index (χ0n) is 10.0. The Morgan fingerprint density at radius 3 is 2.75 bits per heavy atom. The van der Waals surface area contributed by atoms with Crippen molar-refractivity contribution in [3.63, 3.8) is 0 Å². The van der Waals surface area contributed by atoms with Crippen LogP contribution >= 0.6 is 34.7 Å². The molecule has 0 aromatic carbocycles. The van der Waals surface area contributed by atoms with E-state index in [1.54, 1.807) is 0 Å². The van der Waals surface area contributed by atoms with Crippen molar-refractivity contribution < 1.29 is 13.2 Å². The van der Waals surface area contributed by atoms with Crippen molar-refractivity contribution in [3.8, 4) is 0 Å². The molecular weight excluding hydrogens is 333 g/mol. The summed E-state index contributed by atoms with van der Waals surface area (Å²) in [6.45, 7) is 2.63. The molecule has 4 nitrogen and oxygen atoms in total. The predicted molar refractivity (Wildman–Crippen MR) is 72.4 cm³/mol. The van der Waals surface area contributed by atoms with Crippen LogP contribution in [-0.4, -0.2) is 21.7 Å². The van der Waals surface area contributed by atoms with Crippen molar-refractivity contribution in [1.29, 1.82) is 0 Å². The maximum atomic E-state index is 12.5. The molecule has 0 spiro atoms. The van der Waals surface area contributed by atoms with E-state index in [4.69, 9.17) is 11.6 Å². The summed E-state index contributed by atoms with van der Waals surface area (Å²) in [7, 11) is 0. The molecule has 0 aliphatic rings. The molecule has 0 radical (unpaired) electrons. The maximum Gasteiger partial charge on any atom is 0.417 e. The molecule has 2 aromatic rings. The van der Waals surface area contributed by atoms with E-state index < -0.39 is 11.7 Å². The van der Waals surface area contributed by atoms with Gasteiger partial charge in [0.15, 0.2) is 4.34 Å². The number of rotatable bonds is 4. The molecule has 0 bridgehead atoms. The van der Waals surface area contributed by atoms with Crippen LogP contribution in [0.25, 0.3) is 0 Å². The average molecular weight is 341 g/mol. The van der Waals surface area contributed by atoms with Crippen LogP contribution in [-0.2, 0) is 6.18 Å². The molecule has 0 unspecified atom stereocenters. The van der Waals surface area contributed by atoms with Gasteiger partial charge in [0.1, 0.15) is 5.03 Å². The number of alkyl halides is 3. The third kappa shape index (κ3) is 3.74. The number of anilines is 1. The first kappa shape index (κ1) is 15.3. The van der Waals surface area contributed by atoms with E-state index in [0.29, 0.717) is 16.0 Å². The number of nitrogens with one attached hydrogen (secondary N) is 1. The van der Waals surface area contributed by atoms with Gasteiger partial charge in [-0.05, 0) is 24.8 Å². The summed E-state index contributed by atoms with van der Waals surface area (Å²) in [6, 6.07) is 0.850. The van der Waals surface area contributed by atoms with Crippen LogP contribution in [0.2, 0.25) is 5.02 Å². The molecule has 0 atom stereocenters. The van der Waals surface area contributed by atoms with Gasteiger partial charge < -0.3 is 5.32 Å². The number of nitrogens with zero attached hydrogens (tertiary/aromatic N) is 3. The largest absolute Gasteiger partial charge is 0.417 e. The van der Waals surface area contributed by atoms with Gasteiger partial charge in [-0.1, -0.05) is 22.9 Å². The lowest BCUT2D eigenvalue weighted by atomic mass is 10.3. The van der Waals surface area contributed by atoms with Gasteiger partial charge in [0.2, 0.25) is 5.13 Å². The zero-order valence-corrected chi connectivity index (χ0v) is 12.4. The summed E-state index contributed by atoms with van der Waals surface area (Å²) in [4.78, 5) is 3.72. The van der Waals surface area contributed by atoms with Gasteiger partial charge in [0, 0.05) is 12.7 Å². The van der Waals surface area contributed by atoms with Gasteiger partial charge in [-0.2, -0.15) is 13.2 Å². The van der Waals surface area contributed by atoms with Crippen LogP contribution in [0.3, 0.4) is 0 Å². The van der Waals surface area contributed by atoms with Crippen LogP contribution < -0.4 is 5.32 Å². The Hall–Kier alpha value is -1.06. The van der Waals surface area contributed by atoms with E-state index in [0.717, 1.165) is 24.0 Å². The molecule has 1 N–H and O–H groups in total. The standard InChI is InChI=1S/C10H8ClF3N4S2/c1-2-15-8-17-18-9(20-8)19-7-6(11)3-5(4-16-7)10(12,13)14/h3-4H,2H2,1H3,(H,15,17). The van der Waals surface area contributed by atoms with E-state index in [1.807, 2.05) is 6.92 Å². The monoisotopic (exact) mass is 340 g/mol. The van der Waals surface area contributed by atoms with Gasteiger partial charge >= 0.3 is 6.18 Å². The van der Waals surface area contributed by atoms with E-state index in [-0.39, 0.29) is 10.0 Å². The van der Waals surface area contributed by atoms with E-state index in [2.05, 4.69) is 20.5 Å². The normalized spacial score (nSPS) is 11.7. The average Bonchev–Trinajstić information content (AvgIpc) is 2.78. The lowest BCUT2D eigenvalue weighted by Crippen LogP contribution is -2.05. The molecule has 108 valence electrons. The van der Waals surface area contributed by atoms with Crippen molar-refractivity contribution in [1.82, 2.24) is 15.2 Å². The number of hydrogen-bond donors (Lipinski definition) is 1. The fraction of sp³-hybridized carbons (Fsp3) is 0.300. The van der Waals surface area contributed by atoms with Crippen LogP contribution in [0.15, 0.2) is 21.6 Å². The first-order valence-corrected chi connectivity index (χ1v) is 7.39. The Balaban J connectivity index is 2.17. The Morgan fingerprint density at radius 1 is 1.40 bits per heavy atom. The molecule has 0 fully saturated rings. The topological polar surface area (TPSA) is 50.7 Å². The van der Waals surface area contributed by atoms with Crippen molar-refractivity contribution in [2.75, 3.05) is 11.9 Å². The minimum Gasteiger partial charge on any atom is -0.360 e. The molecule has 0 aliphatic heterocycles. The number of pyridine rings is 1. The number of aromatic nitrogens is 3. The highest BCUT2D eigenvalue weighted by Crippen LogP contribution is 2.37. The second-order valence-corrected chi connectivity index (χ2v) is 6.13. The highest BCUT2D eigenvalue weighted by Gasteiger charge is 2.31. The van der Waals surface area contributed by atoms with Crippen LogP contribution in [0.1, 0.15) is 12.5 Å². The lowest BCUT2D eigenvalue weighted by Gasteiger charge is -2.07. The van der Waals surface area contributed by atoms with Crippen molar-refractivity contribution >= 4 is 39.8 Å². The third-order valence-electron chi connectivity index (χ3n) is 2.05. The summed E-state index contributed by atoms with van der Waals surface area (Å²) in [6.07, 6.45) is -3.71. The summed E-state index contributed by atoms with van der Waals surface area (Å²) in [5, 5.41) is 11.6. The van der Waals surface area contributed by atoms with Crippen molar-refractivity contribution in [2.24, 2.45) is 0 Å². The molecule has 0 saturated carbocycles. The van der Waals surface area contributed by atoms with Gasteiger partial charge in [-0.15, -0.1) is 10.2 Å². The van der Waals surface area contributed by atoms with E-state index in [1.165, 1.54) is 11.3 Å². The van der Waals surface area contributed by atoms with Crippen LogP contribution in [0.4, 0.5) is 18.3 Å². The zero-order chi connectivity index (χ0) is 14.8. The first-order chi connectivity index (χ1) is 9.40. The van der Waals surface area contributed by atoms with Crippen molar-refractivity contribution in [3.05, 3.63) is 22.8 Å². The fourth-order valence-corrected chi connectivity index (χ4v) is 3.19. The molecule has 2 heterocycles. The quantitative estimate of drug-likeness (QED) is 0.904. The number of hydrogen-bond acceptors (Lipinski definition) is 6. The summed E-state index contributed by atoms with van der Waals surface area (Å²) < 4.78 is 38.0. The molecule has 0 saturated heterocycles. The smallest absolute Gasteiger partial charge is 0.360 e. The molecule has 0 amide bonds. The van der Waals surface area contributed by atoms with Gasteiger partial charge in [-0.25, -0.2) is 4.98 Å². The second-order valence-electron chi connectivity index (χ2n) is 3.51. The molecule has 0 aliphatic carbocycles. The van der Waals surface area contributed by atoms with E-state index in [9.17, 15) is 13.2 Å². The van der Waals surface area contributed by atoms with E-state index >= 15 is 0 Å². The second kappa shape index (κ2) is 6.15. The van der Waals surface area contributed by atoms with Gasteiger partial charge in [0.25, 0.3) is 0 Å². The molecule has 2 rings (SSSR count). The summed E-state index contributed by atoms with van der Waals surface area (Å²) in [5.74, 6) is 0. The fourth-order valence-electron chi connectivity index (χ4n) is 1.21. The van der Waals surface area contributed by atoms with Crippen LogP contribution in [0, 0.1) is 0 Å². The minimum absolute atomic E-state index is 0.0648. The maximum absolute atomic E-state index is 12.5. The third-order valence-corrected chi connectivity index (χ3v) is 4.40. The Kier molecular flexibility index (Phi) is 4.71. The minimum atomic E-state index is -4.46. The lowest BCUT2D eigenvalue weighted by molar-refractivity contribution is -0.137. The molecular formula is C10H8ClF3N4S2. The SMILES string of the molecule is CCNc1nnc(Sc2ncc(C(F)(F)F)cc2Cl)s1. The molecule has 2 aromatic heterocycles. The highest BCUT2D eigenvalue weighted by atomic mass is 35.5.